The van der Waals surface area contributed by atoms with Gasteiger partial charge in [0.1, 0.15) is 0 Å². The van der Waals surface area contributed by atoms with E-state index in [9.17, 15) is 0 Å². The highest BCUT2D eigenvalue weighted by molar-refractivity contribution is 5.00. The van der Waals surface area contributed by atoms with Crippen molar-refractivity contribution in [3.8, 4) is 0 Å². The van der Waals surface area contributed by atoms with Gasteiger partial charge in [0.05, 0.1) is 0 Å². The molecule has 0 heteroatoms. The second-order valence-corrected chi connectivity index (χ2v) is 3.51. The number of hydrogen-bond donors (Lipinski definition) is 0. The Hall–Kier alpha value is -0.520. The SMILES string of the molecule is C=CCCCCC/C(=C/CC)CC. The Labute approximate surface area is 83.7 Å². The van der Waals surface area contributed by atoms with Crippen molar-refractivity contribution in [3.05, 3.63) is 24.3 Å². The molecule has 0 aliphatic carbocycles. The molecular weight excluding hydrogens is 156 g/mol. The van der Waals surface area contributed by atoms with Gasteiger partial charge in [0.15, 0.2) is 0 Å². The van der Waals surface area contributed by atoms with Crippen molar-refractivity contribution in [1.82, 2.24) is 0 Å². The largest absolute Gasteiger partial charge is 0.103 e. The molecule has 0 nitrogen and oxygen atoms in total. The molecule has 0 rings (SSSR count). The molecule has 0 aromatic rings. The molecule has 0 aliphatic rings. The highest BCUT2D eigenvalue weighted by Gasteiger charge is 1.93. The molecule has 13 heavy (non-hydrogen) atoms. The van der Waals surface area contributed by atoms with Crippen LogP contribution in [-0.4, -0.2) is 0 Å². The Bertz CT molecular complexity index is 142. The summed E-state index contributed by atoms with van der Waals surface area (Å²) in [4.78, 5) is 0. The normalized spacial score (nSPS) is 11.7. The Kier molecular flexibility index (Phi) is 9.18. The molecule has 0 N–H and O–H groups in total. The van der Waals surface area contributed by atoms with Crippen LogP contribution in [0.4, 0.5) is 0 Å². The molecule has 0 unspecified atom stereocenters. The van der Waals surface area contributed by atoms with Crippen molar-refractivity contribution in [2.24, 2.45) is 0 Å². The van der Waals surface area contributed by atoms with Crippen LogP contribution in [0.3, 0.4) is 0 Å². The summed E-state index contributed by atoms with van der Waals surface area (Å²) in [5, 5.41) is 0. The number of rotatable bonds is 8. The zero-order valence-electron chi connectivity index (χ0n) is 9.31. The first-order chi connectivity index (χ1) is 6.35. The van der Waals surface area contributed by atoms with Crippen molar-refractivity contribution in [1.29, 1.82) is 0 Å². The minimum atomic E-state index is 1.18. The van der Waals surface area contributed by atoms with Gasteiger partial charge in [-0.15, -0.1) is 6.58 Å². The van der Waals surface area contributed by atoms with Crippen LogP contribution >= 0.6 is 0 Å². The summed E-state index contributed by atoms with van der Waals surface area (Å²) < 4.78 is 0. The average Bonchev–Trinajstić information content (AvgIpc) is 2.16. The average molecular weight is 180 g/mol. The van der Waals surface area contributed by atoms with Crippen LogP contribution in [-0.2, 0) is 0 Å². The minimum Gasteiger partial charge on any atom is -0.103 e. The van der Waals surface area contributed by atoms with E-state index >= 15 is 0 Å². The van der Waals surface area contributed by atoms with E-state index in [1.165, 1.54) is 44.9 Å². The lowest BCUT2D eigenvalue weighted by Crippen LogP contribution is -1.83. The van der Waals surface area contributed by atoms with Crippen molar-refractivity contribution in [2.75, 3.05) is 0 Å². The summed E-state index contributed by atoms with van der Waals surface area (Å²) in [6.45, 7) is 8.20. The molecule has 0 radical (unpaired) electrons. The minimum absolute atomic E-state index is 1.18. The topological polar surface area (TPSA) is 0 Å². The zero-order chi connectivity index (χ0) is 9.94. The summed E-state index contributed by atoms with van der Waals surface area (Å²) in [6.07, 6.45) is 13.3. The Morgan fingerprint density at radius 1 is 1.15 bits per heavy atom. The van der Waals surface area contributed by atoms with Gasteiger partial charge < -0.3 is 0 Å². The lowest BCUT2D eigenvalue weighted by atomic mass is 10.0. The maximum Gasteiger partial charge on any atom is -0.0320 e. The molecule has 0 aromatic heterocycles. The van der Waals surface area contributed by atoms with Gasteiger partial charge in [-0.2, -0.15) is 0 Å². The van der Waals surface area contributed by atoms with Crippen LogP contribution in [0.5, 0.6) is 0 Å². The van der Waals surface area contributed by atoms with Crippen molar-refractivity contribution in [3.63, 3.8) is 0 Å². The maximum atomic E-state index is 3.73. The van der Waals surface area contributed by atoms with Gasteiger partial charge in [0.25, 0.3) is 0 Å². The molecule has 0 bridgehead atoms. The van der Waals surface area contributed by atoms with Gasteiger partial charge in [-0.05, 0) is 38.5 Å². The van der Waals surface area contributed by atoms with Crippen LogP contribution < -0.4 is 0 Å². The summed E-state index contributed by atoms with van der Waals surface area (Å²) in [6, 6.07) is 0. The van der Waals surface area contributed by atoms with E-state index in [1.54, 1.807) is 5.57 Å². The van der Waals surface area contributed by atoms with Crippen molar-refractivity contribution in [2.45, 2.75) is 58.8 Å². The van der Waals surface area contributed by atoms with Gasteiger partial charge in [0, 0.05) is 0 Å². The van der Waals surface area contributed by atoms with Gasteiger partial charge in [-0.25, -0.2) is 0 Å². The van der Waals surface area contributed by atoms with E-state index < -0.39 is 0 Å². The molecule has 0 spiro atoms. The van der Waals surface area contributed by atoms with Crippen molar-refractivity contribution >= 4 is 0 Å². The Balaban J connectivity index is 3.38. The number of allylic oxidation sites excluding steroid dienone is 3. The standard InChI is InChI=1S/C13H24/c1-4-7-8-9-10-12-13(6-3)11-5-2/h4,11H,1,5-10,12H2,2-3H3/b13-11+. The van der Waals surface area contributed by atoms with Crippen LogP contribution in [0, 0.1) is 0 Å². The Morgan fingerprint density at radius 3 is 2.46 bits per heavy atom. The summed E-state index contributed by atoms with van der Waals surface area (Å²) >= 11 is 0. The third-order valence-electron chi connectivity index (χ3n) is 2.35. The Morgan fingerprint density at radius 2 is 1.92 bits per heavy atom. The molecule has 0 fully saturated rings. The molecule has 0 amide bonds. The summed E-state index contributed by atoms with van der Waals surface area (Å²) in [5.41, 5.74) is 1.64. The van der Waals surface area contributed by atoms with Gasteiger partial charge >= 0.3 is 0 Å². The van der Waals surface area contributed by atoms with Crippen LogP contribution in [0.2, 0.25) is 0 Å². The first-order valence-corrected chi connectivity index (χ1v) is 5.63. The highest BCUT2D eigenvalue weighted by Crippen LogP contribution is 2.13. The van der Waals surface area contributed by atoms with E-state index in [4.69, 9.17) is 0 Å². The number of hydrogen-bond acceptors (Lipinski definition) is 0. The van der Waals surface area contributed by atoms with Crippen molar-refractivity contribution < 1.29 is 0 Å². The third-order valence-corrected chi connectivity index (χ3v) is 2.35. The first kappa shape index (κ1) is 12.5. The summed E-state index contributed by atoms with van der Waals surface area (Å²) in [5.74, 6) is 0. The molecular formula is C13H24. The fourth-order valence-corrected chi connectivity index (χ4v) is 1.53. The van der Waals surface area contributed by atoms with E-state index in [0.717, 1.165) is 0 Å². The molecule has 0 saturated carbocycles. The fraction of sp³-hybridized carbons (Fsp3) is 0.692. The first-order valence-electron chi connectivity index (χ1n) is 5.63. The fourth-order valence-electron chi connectivity index (χ4n) is 1.53. The molecule has 76 valence electrons. The summed E-state index contributed by atoms with van der Waals surface area (Å²) in [7, 11) is 0. The van der Waals surface area contributed by atoms with Gasteiger partial charge in [-0.3, -0.25) is 0 Å². The molecule has 0 atom stereocenters. The maximum absolute atomic E-state index is 3.73. The van der Waals surface area contributed by atoms with Crippen LogP contribution in [0.15, 0.2) is 24.3 Å². The van der Waals surface area contributed by atoms with E-state index in [2.05, 4.69) is 26.5 Å². The predicted molar refractivity (Wildman–Crippen MR) is 61.9 cm³/mol. The smallest absolute Gasteiger partial charge is 0.0320 e. The van der Waals surface area contributed by atoms with E-state index in [1.807, 2.05) is 6.08 Å². The quantitative estimate of drug-likeness (QED) is 0.369. The lowest BCUT2D eigenvalue weighted by molar-refractivity contribution is 0.674. The zero-order valence-corrected chi connectivity index (χ0v) is 9.31. The lowest BCUT2D eigenvalue weighted by Gasteiger charge is -2.03. The van der Waals surface area contributed by atoms with Crippen LogP contribution in [0.25, 0.3) is 0 Å². The monoisotopic (exact) mass is 180 g/mol. The predicted octanol–water partition coefficient (Wildman–Crippen LogP) is 4.87. The third kappa shape index (κ3) is 7.83. The second-order valence-electron chi connectivity index (χ2n) is 3.51. The number of unbranched alkanes of at least 4 members (excludes halogenated alkanes) is 3. The van der Waals surface area contributed by atoms with Gasteiger partial charge in [0.2, 0.25) is 0 Å². The molecule has 0 heterocycles. The van der Waals surface area contributed by atoms with Crippen LogP contribution in [0.1, 0.15) is 58.8 Å². The molecule has 0 saturated heterocycles. The van der Waals surface area contributed by atoms with E-state index in [0.29, 0.717) is 0 Å². The molecule has 0 aliphatic heterocycles. The van der Waals surface area contributed by atoms with Gasteiger partial charge in [-0.1, -0.05) is 38.0 Å². The van der Waals surface area contributed by atoms with E-state index in [-0.39, 0.29) is 0 Å². The second kappa shape index (κ2) is 9.57. The molecule has 0 aromatic carbocycles. The highest BCUT2D eigenvalue weighted by atomic mass is 14.0.